The molecule has 5 nitrogen and oxygen atoms in total. The molecular weight excluding hydrogens is 424 g/mol. The van der Waals surface area contributed by atoms with Crippen molar-refractivity contribution in [2.45, 2.75) is 96.6 Å². The van der Waals surface area contributed by atoms with Crippen LogP contribution in [0.5, 0.6) is 5.75 Å². The number of hydrogen-bond donors (Lipinski definition) is 1. The standard InChI is InChI=1S/C29H42N2O3/c1-20-18-23(22-14-16-26(34-3)17-15-22)19-21(2)27(20)28(32)31(25-12-8-5-9-13-25)29(33)30-24-10-6-4-7-11-24/h14-18,20-21,24-25,27H,4-13,19H2,1-3H3,(H,30,33)/t20-,21+,27+/m0/s1. The van der Waals surface area contributed by atoms with Gasteiger partial charge < -0.3 is 10.1 Å². The summed E-state index contributed by atoms with van der Waals surface area (Å²) in [6.07, 6.45) is 14.0. The average molecular weight is 467 g/mol. The highest BCUT2D eigenvalue weighted by molar-refractivity contribution is 5.97. The molecule has 1 aromatic carbocycles. The lowest BCUT2D eigenvalue weighted by atomic mass is 9.72. The van der Waals surface area contributed by atoms with Crippen LogP contribution >= 0.6 is 0 Å². The fourth-order valence-electron chi connectivity index (χ4n) is 6.41. The second-order valence-corrected chi connectivity index (χ2v) is 10.8. The maximum atomic E-state index is 14.0. The molecule has 3 atom stereocenters. The van der Waals surface area contributed by atoms with Crippen LogP contribution in [-0.4, -0.2) is 36.0 Å². The van der Waals surface area contributed by atoms with Crippen LogP contribution in [0.25, 0.3) is 5.57 Å². The predicted molar refractivity (Wildman–Crippen MR) is 137 cm³/mol. The summed E-state index contributed by atoms with van der Waals surface area (Å²) in [5, 5.41) is 3.25. The predicted octanol–water partition coefficient (Wildman–Crippen LogP) is 6.57. The van der Waals surface area contributed by atoms with Crippen LogP contribution < -0.4 is 10.1 Å². The van der Waals surface area contributed by atoms with Gasteiger partial charge in [0.25, 0.3) is 0 Å². The number of allylic oxidation sites excluding steroid dienone is 2. The van der Waals surface area contributed by atoms with Gasteiger partial charge >= 0.3 is 6.03 Å². The number of methoxy groups -OCH3 is 1. The molecule has 186 valence electrons. The molecular formula is C29H42N2O3. The lowest BCUT2D eigenvalue weighted by Crippen LogP contribution is -2.56. The Morgan fingerprint density at radius 2 is 1.53 bits per heavy atom. The first-order valence-electron chi connectivity index (χ1n) is 13.5. The number of hydrogen-bond acceptors (Lipinski definition) is 3. The van der Waals surface area contributed by atoms with Crippen molar-refractivity contribution in [2.75, 3.05) is 7.11 Å². The summed E-state index contributed by atoms with van der Waals surface area (Å²) < 4.78 is 5.30. The van der Waals surface area contributed by atoms with Gasteiger partial charge in [0.15, 0.2) is 0 Å². The first-order chi connectivity index (χ1) is 16.5. The summed E-state index contributed by atoms with van der Waals surface area (Å²) in [6.45, 7) is 4.31. The number of benzene rings is 1. The van der Waals surface area contributed by atoms with Gasteiger partial charge in [-0.15, -0.1) is 0 Å². The zero-order valence-electron chi connectivity index (χ0n) is 21.2. The third-order valence-corrected chi connectivity index (χ3v) is 8.26. The Morgan fingerprint density at radius 3 is 2.12 bits per heavy atom. The zero-order chi connectivity index (χ0) is 24.1. The number of rotatable bonds is 5. The monoisotopic (exact) mass is 466 g/mol. The third kappa shape index (κ3) is 5.67. The smallest absolute Gasteiger partial charge is 0.324 e. The van der Waals surface area contributed by atoms with Crippen LogP contribution in [0.4, 0.5) is 4.79 Å². The highest BCUT2D eigenvalue weighted by Crippen LogP contribution is 2.40. The molecule has 0 aliphatic heterocycles. The molecule has 0 heterocycles. The first-order valence-corrected chi connectivity index (χ1v) is 13.5. The molecule has 0 spiro atoms. The van der Waals surface area contributed by atoms with Gasteiger partial charge in [-0.1, -0.05) is 70.6 Å². The van der Waals surface area contributed by atoms with Crippen molar-refractivity contribution in [3.63, 3.8) is 0 Å². The molecule has 1 aromatic rings. The van der Waals surface area contributed by atoms with Crippen LogP contribution in [0.3, 0.4) is 0 Å². The van der Waals surface area contributed by atoms with Gasteiger partial charge in [-0.3, -0.25) is 9.69 Å². The maximum absolute atomic E-state index is 14.0. The molecule has 0 saturated heterocycles. The van der Waals surface area contributed by atoms with E-state index in [1.54, 1.807) is 12.0 Å². The van der Waals surface area contributed by atoms with Crippen molar-refractivity contribution in [1.29, 1.82) is 0 Å². The van der Waals surface area contributed by atoms with Gasteiger partial charge in [-0.05, 0) is 67.2 Å². The summed E-state index contributed by atoms with van der Waals surface area (Å²) in [6, 6.07) is 8.27. The normalized spacial score (nSPS) is 26.4. The largest absolute Gasteiger partial charge is 0.497 e. The summed E-state index contributed by atoms with van der Waals surface area (Å²) >= 11 is 0. The molecule has 4 rings (SSSR count). The van der Waals surface area contributed by atoms with E-state index in [0.717, 1.165) is 63.5 Å². The summed E-state index contributed by atoms with van der Waals surface area (Å²) in [5.41, 5.74) is 2.46. The lowest BCUT2D eigenvalue weighted by molar-refractivity contribution is -0.138. The average Bonchev–Trinajstić information content (AvgIpc) is 2.85. The fraction of sp³-hybridized carbons (Fsp3) is 0.655. The highest BCUT2D eigenvalue weighted by Gasteiger charge is 2.41. The van der Waals surface area contributed by atoms with Gasteiger partial charge in [0.1, 0.15) is 5.75 Å². The molecule has 5 heteroatoms. The molecule has 0 radical (unpaired) electrons. The van der Waals surface area contributed by atoms with Crippen LogP contribution in [0.2, 0.25) is 0 Å². The first kappa shape index (κ1) is 24.8. The minimum absolute atomic E-state index is 0.0326. The van der Waals surface area contributed by atoms with E-state index < -0.39 is 0 Å². The molecule has 3 amide bonds. The highest BCUT2D eigenvalue weighted by atomic mass is 16.5. The van der Waals surface area contributed by atoms with E-state index in [0.29, 0.717) is 0 Å². The van der Waals surface area contributed by atoms with Crippen molar-refractivity contribution < 1.29 is 14.3 Å². The lowest BCUT2D eigenvalue weighted by Gasteiger charge is -2.40. The Kier molecular flexibility index (Phi) is 8.33. The number of amides is 3. The third-order valence-electron chi connectivity index (χ3n) is 8.26. The molecule has 1 N–H and O–H groups in total. The molecule has 3 aliphatic rings. The van der Waals surface area contributed by atoms with E-state index in [-0.39, 0.29) is 41.8 Å². The Morgan fingerprint density at radius 1 is 0.912 bits per heavy atom. The minimum Gasteiger partial charge on any atom is -0.497 e. The number of ether oxygens (including phenoxy) is 1. The van der Waals surface area contributed by atoms with Crippen molar-refractivity contribution in [2.24, 2.45) is 17.8 Å². The zero-order valence-corrected chi connectivity index (χ0v) is 21.2. The van der Waals surface area contributed by atoms with Crippen molar-refractivity contribution in [3.8, 4) is 5.75 Å². The number of urea groups is 1. The summed E-state index contributed by atoms with van der Waals surface area (Å²) in [7, 11) is 1.68. The number of nitrogens with zero attached hydrogens (tertiary/aromatic N) is 1. The molecule has 2 saturated carbocycles. The van der Waals surface area contributed by atoms with E-state index in [1.165, 1.54) is 24.0 Å². The molecule has 0 bridgehead atoms. The van der Waals surface area contributed by atoms with E-state index in [9.17, 15) is 9.59 Å². The number of carbonyl (C=O) groups excluding carboxylic acids is 2. The van der Waals surface area contributed by atoms with Crippen LogP contribution in [0.1, 0.15) is 90.0 Å². The molecule has 34 heavy (non-hydrogen) atoms. The van der Waals surface area contributed by atoms with E-state index in [1.807, 2.05) is 12.1 Å². The second kappa shape index (κ2) is 11.4. The topological polar surface area (TPSA) is 58.6 Å². The van der Waals surface area contributed by atoms with Gasteiger partial charge in [0, 0.05) is 18.0 Å². The number of imide groups is 1. The van der Waals surface area contributed by atoms with Crippen molar-refractivity contribution >= 4 is 17.5 Å². The molecule has 2 fully saturated rings. The molecule has 0 aromatic heterocycles. The summed E-state index contributed by atoms with van der Waals surface area (Å²) in [5.74, 6) is 0.979. The minimum atomic E-state index is -0.166. The Bertz CT molecular complexity index is 866. The number of carbonyl (C=O) groups is 2. The Labute approximate surface area is 205 Å². The van der Waals surface area contributed by atoms with Gasteiger partial charge in [-0.25, -0.2) is 4.79 Å². The second-order valence-electron chi connectivity index (χ2n) is 10.8. The van der Waals surface area contributed by atoms with Crippen molar-refractivity contribution in [1.82, 2.24) is 10.2 Å². The molecule has 0 unspecified atom stereocenters. The van der Waals surface area contributed by atoms with E-state index in [4.69, 9.17) is 4.74 Å². The quantitative estimate of drug-likeness (QED) is 0.533. The van der Waals surface area contributed by atoms with E-state index in [2.05, 4.69) is 37.4 Å². The van der Waals surface area contributed by atoms with Crippen LogP contribution in [0, 0.1) is 17.8 Å². The van der Waals surface area contributed by atoms with Gasteiger partial charge in [0.2, 0.25) is 5.91 Å². The van der Waals surface area contributed by atoms with Crippen LogP contribution in [-0.2, 0) is 4.79 Å². The number of nitrogens with one attached hydrogen (secondary N) is 1. The van der Waals surface area contributed by atoms with Crippen LogP contribution in [0.15, 0.2) is 30.3 Å². The fourth-order valence-corrected chi connectivity index (χ4v) is 6.41. The van der Waals surface area contributed by atoms with Gasteiger partial charge in [-0.2, -0.15) is 0 Å². The Hall–Kier alpha value is -2.30. The molecule has 3 aliphatic carbocycles. The SMILES string of the molecule is COc1ccc(C2=C[C@H](C)[C@@H](C(=O)N(C(=O)NC3CCCCC3)C3CCCCC3)[C@H](C)C2)cc1. The van der Waals surface area contributed by atoms with E-state index >= 15 is 0 Å². The van der Waals surface area contributed by atoms with Crippen molar-refractivity contribution in [3.05, 3.63) is 35.9 Å². The maximum Gasteiger partial charge on any atom is 0.324 e. The van der Waals surface area contributed by atoms with Gasteiger partial charge in [0.05, 0.1) is 7.11 Å². The summed E-state index contributed by atoms with van der Waals surface area (Å²) in [4.78, 5) is 29.2. The Balaban J connectivity index is 1.53.